The monoisotopic (exact) mass is 436 g/mol. The van der Waals surface area contributed by atoms with Crippen LogP contribution in [0.15, 0.2) is 36.4 Å². The zero-order chi connectivity index (χ0) is 21.9. The van der Waals surface area contributed by atoms with Crippen LogP contribution in [0.5, 0.6) is 23.0 Å². The molecule has 32 heavy (non-hydrogen) atoms. The van der Waals surface area contributed by atoms with Crippen molar-refractivity contribution in [2.45, 2.75) is 20.4 Å². The van der Waals surface area contributed by atoms with Gasteiger partial charge in [0.2, 0.25) is 31.4 Å². The smallest absolute Gasteiger partial charge is 0.233 e. The number of aromatic nitrogens is 3. The Morgan fingerprint density at radius 1 is 0.781 bits per heavy atom. The van der Waals surface area contributed by atoms with Crippen LogP contribution in [0.4, 0.5) is 23.5 Å². The van der Waals surface area contributed by atoms with Gasteiger partial charge in [0.25, 0.3) is 0 Å². The summed E-state index contributed by atoms with van der Waals surface area (Å²) in [5.41, 5.74) is 1.83. The van der Waals surface area contributed by atoms with E-state index in [4.69, 9.17) is 18.9 Å². The van der Waals surface area contributed by atoms with Crippen LogP contribution in [0.3, 0.4) is 0 Å². The maximum Gasteiger partial charge on any atom is 0.233 e. The van der Waals surface area contributed by atoms with Crippen LogP contribution in [-0.4, -0.2) is 41.6 Å². The zero-order valence-corrected chi connectivity index (χ0v) is 17.9. The van der Waals surface area contributed by atoms with Gasteiger partial charge in [-0.2, -0.15) is 15.0 Å². The summed E-state index contributed by atoms with van der Waals surface area (Å²) in [6, 6.07) is 11.5. The number of nitrogens with one attached hydrogen (secondary N) is 2. The molecule has 3 heterocycles. The van der Waals surface area contributed by atoms with Gasteiger partial charge in [-0.1, -0.05) is 6.07 Å². The summed E-state index contributed by atoms with van der Waals surface area (Å²) < 4.78 is 21.7. The number of nitrogens with zero attached hydrogens (tertiary/aromatic N) is 4. The molecule has 2 aromatic carbocycles. The van der Waals surface area contributed by atoms with Crippen molar-refractivity contribution >= 4 is 23.5 Å². The highest BCUT2D eigenvalue weighted by molar-refractivity contribution is 5.61. The number of fused-ring (bicyclic) bond motifs is 2. The normalized spacial score (nSPS) is 13.2. The molecule has 0 spiro atoms. The lowest BCUT2D eigenvalue weighted by atomic mass is 10.2. The molecular formula is C22H24N6O4. The van der Waals surface area contributed by atoms with Gasteiger partial charge in [0.15, 0.2) is 23.0 Å². The maximum atomic E-state index is 5.46. The second-order valence-electron chi connectivity index (χ2n) is 7.19. The van der Waals surface area contributed by atoms with Crippen LogP contribution in [0, 0.1) is 0 Å². The van der Waals surface area contributed by atoms with Crippen LogP contribution < -0.4 is 34.5 Å². The van der Waals surface area contributed by atoms with E-state index in [1.54, 1.807) is 0 Å². The largest absolute Gasteiger partial charge is 0.454 e. The number of benzene rings is 2. The highest BCUT2D eigenvalue weighted by atomic mass is 16.7. The van der Waals surface area contributed by atoms with Crippen LogP contribution in [0.25, 0.3) is 0 Å². The van der Waals surface area contributed by atoms with Crippen molar-refractivity contribution < 1.29 is 18.9 Å². The van der Waals surface area contributed by atoms with E-state index in [1.807, 2.05) is 36.4 Å². The van der Waals surface area contributed by atoms with E-state index in [9.17, 15) is 0 Å². The molecule has 0 radical (unpaired) electrons. The number of anilines is 4. The van der Waals surface area contributed by atoms with Crippen LogP contribution in [0.2, 0.25) is 0 Å². The second-order valence-corrected chi connectivity index (χ2v) is 7.19. The fourth-order valence-electron chi connectivity index (χ4n) is 3.48. The van der Waals surface area contributed by atoms with E-state index in [-0.39, 0.29) is 13.6 Å². The first-order valence-corrected chi connectivity index (χ1v) is 10.5. The number of hydrogen-bond donors (Lipinski definition) is 2. The minimum absolute atomic E-state index is 0.227. The van der Waals surface area contributed by atoms with Gasteiger partial charge in [-0.3, -0.25) is 0 Å². The van der Waals surface area contributed by atoms with Gasteiger partial charge >= 0.3 is 0 Å². The van der Waals surface area contributed by atoms with Crippen LogP contribution in [-0.2, 0) is 6.54 Å². The Hall–Kier alpha value is -3.95. The molecular weight excluding hydrogens is 412 g/mol. The van der Waals surface area contributed by atoms with Crippen molar-refractivity contribution in [3.05, 3.63) is 42.0 Å². The molecule has 1 aromatic heterocycles. The van der Waals surface area contributed by atoms with E-state index < -0.39 is 0 Å². The van der Waals surface area contributed by atoms with Crippen molar-refractivity contribution in [1.82, 2.24) is 15.0 Å². The zero-order valence-electron chi connectivity index (χ0n) is 17.9. The van der Waals surface area contributed by atoms with E-state index in [1.165, 1.54) is 0 Å². The molecule has 0 aliphatic carbocycles. The molecule has 0 atom stereocenters. The van der Waals surface area contributed by atoms with Gasteiger partial charge in [-0.25, -0.2) is 0 Å². The van der Waals surface area contributed by atoms with Crippen molar-refractivity contribution in [1.29, 1.82) is 0 Å². The predicted octanol–water partition coefficient (Wildman–Crippen LogP) is 3.53. The molecule has 0 unspecified atom stereocenters. The SMILES string of the molecule is CCN(CC)c1nc(NCc2ccc3c(c2)OCO3)nc(Nc2ccc3c(c2)OCO3)n1. The minimum atomic E-state index is 0.227. The molecule has 2 N–H and O–H groups in total. The average Bonchev–Trinajstić information content (AvgIpc) is 3.47. The Kier molecular flexibility index (Phi) is 5.40. The van der Waals surface area contributed by atoms with E-state index >= 15 is 0 Å². The summed E-state index contributed by atoms with van der Waals surface area (Å²) in [6.07, 6.45) is 0. The fourth-order valence-corrected chi connectivity index (χ4v) is 3.48. The highest BCUT2D eigenvalue weighted by Crippen LogP contribution is 2.35. The third-order valence-corrected chi connectivity index (χ3v) is 5.19. The molecule has 10 heteroatoms. The average molecular weight is 436 g/mol. The molecule has 0 saturated carbocycles. The van der Waals surface area contributed by atoms with Gasteiger partial charge in [-0.15, -0.1) is 0 Å². The van der Waals surface area contributed by atoms with E-state index in [0.29, 0.717) is 30.1 Å². The molecule has 3 aromatic rings. The fraction of sp³-hybridized carbons (Fsp3) is 0.318. The van der Waals surface area contributed by atoms with Gasteiger partial charge < -0.3 is 34.5 Å². The summed E-state index contributed by atoms with van der Waals surface area (Å²) in [7, 11) is 0. The molecule has 0 fully saturated rings. The third-order valence-electron chi connectivity index (χ3n) is 5.19. The van der Waals surface area contributed by atoms with Crippen molar-refractivity contribution in [2.24, 2.45) is 0 Å². The maximum absolute atomic E-state index is 5.46. The van der Waals surface area contributed by atoms with Gasteiger partial charge in [0, 0.05) is 31.4 Å². The predicted molar refractivity (Wildman–Crippen MR) is 119 cm³/mol. The van der Waals surface area contributed by atoms with Gasteiger partial charge in [0.05, 0.1) is 0 Å². The molecule has 2 aliphatic heterocycles. The number of rotatable bonds is 8. The lowest BCUT2D eigenvalue weighted by molar-refractivity contribution is 0.173. The third kappa shape index (κ3) is 4.11. The minimum Gasteiger partial charge on any atom is -0.454 e. The quantitative estimate of drug-likeness (QED) is 0.545. The Balaban J connectivity index is 1.38. The van der Waals surface area contributed by atoms with Crippen molar-refractivity contribution in [3.63, 3.8) is 0 Å². The molecule has 10 nitrogen and oxygen atoms in total. The first-order valence-electron chi connectivity index (χ1n) is 10.5. The lowest BCUT2D eigenvalue weighted by Gasteiger charge is -2.20. The molecule has 0 bridgehead atoms. The summed E-state index contributed by atoms with van der Waals surface area (Å²) in [6.45, 7) is 6.71. The molecule has 5 rings (SSSR count). The molecule has 0 saturated heterocycles. The first-order chi connectivity index (χ1) is 15.7. The molecule has 2 aliphatic rings. The summed E-state index contributed by atoms with van der Waals surface area (Å²) in [4.78, 5) is 15.9. The Labute approximate surface area is 185 Å². The lowest BCUT2D eigenvalue weighted by Crippen LogP contribution is -2.25. The van der Waals surface area contributed by atoms with Gasteiger partial charge in [0.1, 0.15) is 0 Å². The number of hydrogen-bond acceptors (Lipinski definition) is 10. The Bertz CT molecular complexity index is 1120. The second kappa shape index (κ2) is 8.66. The summed E-state index contributed by atoms with van der Waals surface area (Å²) in [5.74, 6) is 4.43. The Morgan fingerprint density at radius 2 is 1.44 bits per heavy atom. The molecule has 0 amide bonds. The van der Waals surface area contributed by atoms with E-state index in [0.717, 1.165) is 41.6 Å². The van der Waals surface area contributed by atoms with Crippen LogP contribution in [0.1, 0.15) is 19.4 Å². The van der Waals surface area contributed by atoms with Crippen LogP contribution >= 0.6 is 0 Å². The standard InChI is InChI=1S/C22H24N6O4/c1-3-28(4-2)22-26-20(23-11-14-5-7-16-18(9-14)31-12-29-16)25-21(27-22)24-15-6-8-17-19(10-15)32-13-30-17/h5-10H,3-4,11-13H2,1-2H3,(H2,23,24,25,26,27). The summed E-state index contributed by atoms with van der Waals surface area (Å²) in [5, 5.41) is 6.54. The van der Waals surface area contributed by atoms with E-state index in [2.05, 4.69) is 44.3 Å². The van der Waals surface area contributed by atoms with Crippen molar-refractivity contribution in [2.75, 3.05) is 42.2 Å². The van der Waals surface area contributed by atoms with Crippen molar-refractivity contribution in [3.8, 4) is 23.0 Å². The summed E-state index contributed by atoms with van der Waals surface area (Å²) >= 11 is 0. The number of ether oxygens (including phenoxy) is 4. The Morgan fingerprint density at radius 3 is 2.19 bits per heavy atom. The topological polar surface area (TPSA) is 103 Å². The molecule has 166 valence electrons. The first kappa shape index (κ1) is 20.0. The highest BCUT2D eigenvalue weighted by Gasteiger charge is 2.16. The van der Waals surface area contributed by atoms with Gasteiger partial charge in [-0.05, 0) is 43.7 Å².